The molecule has 0 radical (unpaired) electrons. The zero-order valence-electron chi connectivity index (χ0n) is 11.3. The molecule has 1 aliphatic rings. The SMILES string of the molecule is CCN(CC)CCNC(=O)C1(C(N)=NO)CCC1. The maximum Gasteiger partial charge on any atom is 0.233 e. The molecular weight excluding hydrogens is 232 g/mol. The van der Waals surface area contributed by atoms with Crippen LogP contribution in [0.5, 0.6) is 0 Å². The highest BCUT2D eigenvalue weighted by molar-refractivity contribution is 6.07. The summed E-state index contributed by atoms with van der Waals surface area (Å²) in [6.07, 6.45) is 2.28. The summed E-state index contributed by atoms with van der Waals surface area (Å²) in [6.45, 7) is 7.55. The minimum atomic E-state index is -0.766. The van der Waals surface area contributed by atoms with Crippen LogP contribution in [0.3, 0.4) is 0 Å². The second-order valence-electron chi connectivity index (χ2n) is 4.70. The van der Waals surface area contributed by atoms with E-state index in [-0.39, 0.29) is 11.7 Å². The summed E-state index contributed by atoms with van der Waals surface area (Å²) < 4.78 is 0. The summed E-state index contributed by atoms with van der Waals surface area (Å²) in [6, 6.07) is 0. The molecule has 1 saturated carbocycles. The van der Waals surface area contributed by atoms with E-state index in [1.54, 1.807) is 0 Å². The molecule has 0 atom stereocenters. The van der Waals surface area contributed by atoms with Crippen LogP contribution in [0, 0.1) is 5.41 Å². The third-order valence-electron chi connectivity index (χ3n) is 3.85. The van der Waals surface area contributed by atoms with Crippen molar-refractivity contribution in [1.82, 2.24) is 10.2 Å². The van der Waals surface area contributed by atoms with Crippen molar-refractivity contribution < 1.29 is 10.0 Å². The second-order valence-corrected chi connectivity index (χ2v) is 4.70. The van der Waals surface area contributed by atoms with Gasteiger partial charge in [-0.15, -0.1) is 0 Å². The van der Waals surface area contributed by atoms with Crippen molar-refractivity contribution in [1.29, 1.82) is 0 Å². The van der Waals surface area contributed by atoms with Crippen molar-refractivity contribution >= 4 is 11.7 Å². The molecule has 104 valence electrons. The van der Waals surface area contributed by atoms with E-state index in [0.717, 1.165) is 26.1 Å². The van der Waals surface area contributed by atoms with Gasteiger partial charge in [0.2, 0.25) is 5.91 Å². The zero-order chi connectivity index (χ0) is 13.6. The third kappa shape index (κ3) is 2.93. The molecule has 0 aromatic rings. The van der Waals surface area contributed by atoms with E-state index >= 15 is 0 Å². The van der Waals surface area contributed by atoms with Crippen LogP contribution in [-0.2, 0) is 4.79 Å². The van der Waals surface area contributed by atoms with Crippen molar-refractivity contribution in [3.63, 3.8) is 0 Å². The Morgan fingerprint density at radius 2 is 2.06 bits per heavy atom. The number of amidine groups is 1. The first-order valence-electron chi connectivity index (χ1n) is 6.59. The van der Waals surface area contributed by atoms with E-state index in [4.69, 9.17) is 10.9 Å². The van der Waals surface area contributed by atoms with E-state index in [0.29, 0.717) is 19.4 Å². The minimum Gasteiger partial charge on any atom is -0.409 e. The van der Waals surface area contributed by atoms with Gasteiger partial charge < -0.3 is 21.2 Å². The topological polar surface area (TPSA) is 91.0 Å². The number of hydrogen-bond acceptors (Lipinski definition) is 4. The maximum absolute atomic E-state index is 12.1. The van der Waals surface area contributed by atoms with Gasteiger partial charge in [-0.3, -0.25) is 4.79 Å². The average molecular weight is 256 g/mol. The Morgan fingerprint density at radius 1 is 1.44 bits per heavy atom. The van der Waals surface area contributed by atoms with Gasteiger partial charge in [-0.2, -0.15) is 0 Å². The molecule has 0 saturated heterocycles. The molecule has 0 aromatic carbocycles. The third-order valence-corrected chi connectivity index (χ3v) is 3.85. The van der Waals surface area contributed by atoms with Gasteiger partial charge >= 0.3 is 0 Å². The molecule has 6 nitrogen and oxygen atoms in total. The highest BCUT2D eigenvalue weighted by Gasteiger charge is 2.48. The van der Waals surface area contributed by atoms with Crippen LogP contribution in [0.4, 0.5) is 0 Å². The minimum absolute atomic E-state index is 0.0362. The molecule has 1 amide bonds. The Hall–Kier alpha value is -1.30. The molecule has 0 aliphatic heterocycles. The monoisotopic (exact) mass is 256 g/mol. The number of nitrogens with zero attached hydrogens (tertiary/aromatic N) is 2. The van der Waals surface area contributed by atoms with Crippen molar-refractivity contribution in [2.75, 3.05) is 26.2 Å². The van der Waals surface area contributed by atoms with Gasteiger partial charge in [0, 0.05) is 13.1 Å². The smallest absolute Gasteiger partial charge is 0.233 e. The van der Waals surface area contributed by atoms with Gasteiger partial charge in [0.1, 0.15) is 5.41 Å². The largest absolute Gasteiger partial charge is 0.409 e. The number of nitrogens with one attached hydrogen (secondary N) is 1. The van der Waals surface area contributed by atoms with Crippen molar-refractivity contribution in [2.24, 2.45) is 16.3 Å². The van der Waals surface area contributed by atoms with E-state index in [9.17, 15) is 4.79 Å². The lowest BCUT2D eigenvalue weighted by molar-refractivity contribution is -0.131. The molecule has 0 bridgehead atoms. The molecule has 1 rings (SSSR count). The fourth-order valence-electron chi connectivity index (χ4n) is 2.26. The predicted molar refractivity (Wildman–Crippen MR) is 70.5 cm³/mol. The lowest BCUT2D eigenvalue weighted by Crippen LogP contribution is -2.54. The van der Waals surface area contributed by atoms with Crippen LogP contribution in [0.1, 0.15) is 33.1 Å². The number of carbonyl (C=O) groups is 1. The molecule has 1 fully saturated rings. The molecule has 0 unspecified atom stereocenters. The van der Waals surface area contributed by atoms with Gasteiger partial charge in [0.15, 0.2) is 5.84 Å². The van der Waals surface area contributed by atoms with Crippen molar-refractivity contribution in [2.45, 2.75) is 33.1 Å². The molecule has 6 heteroatoms. The van der Waals surface area contributed by atoms with Crippen LogP contribution in [0.2, 0.25) is 0 Å². The van der Waals surface area contributed by atoms with E-state index < -0.39 is 5.41 Å². The van der Waals surface area contributed by atoms with Crippen LogP contribution >= 0.6 is 0 Å². The summed E-state index contributed by atoms with van der Waals surface area (Å²) in [5, 5.41) is 14.6. The Bertz CT molecular complexity index is 309. The first-order valence-corrected chi connectivity index (χ1v) is 6.59. The zero-order valence-corrected chi connectivity index (χ0v) is 11.3. The molecule has 18 heavy (non-hydrogen) atoms. The summed E-state index contributed by atoms with van der Waals surface area (Å²) >= 11 is 0. The van der Waals surface area contributed by atoms with Crippen LogP contribution in [0.25, 0.3) is 0 Å². The molecule has 1 aliphatic carbocycles. The van der Waals surface area contributed by atoms with Gasteiger partial charge in [0.25, 0.3) is 0 Å². The highest BCUT2D eigenvalue weighted by atomic mass is 16.4. The Kier molecular flexibility index (Phi) is 5.40. The number of likely N-dealkylation sites (N-methyl/N-ethyl adjacent to an activating group) is 1. The summed E-state index contributed by atoms with van der Waals surface area (Å²) in [5.41, 5.74) is 4.86. The van der Waals surface area contributed by atoms with Crippen LogP contribution in [0.15, 0.2) is 5.16 Å². The average Bonchev–Trinajstić information content (AvgIpc) is 2.33. The fraction of sp³-hybridized carbons (Fsp3) is 0.833. The lowest BCUT2D eigenvalue weighted by atomic mass is 9.67. The summed E-state index contributed by atoms with van der Waals surface area (Å²) in [5.74, 6) is -0.0784. The van der Waals surface area contributed by atoms with E-state index in [1.165, 1.54) is 0 Å². The standard InChI is InChI=1S/C12H24N4O2/c1-3-16(4-2)9-8-14-11(17)12(6-5-7-12)10(13)15-18/h18H,3-9H2,1-2H3,(H2,13,15)(H,14,17). The van der Waals surface area contributed by atoms with E-state index in [2.05, 4.69) is 29.2 Å². The Morgan fingerprint density at radius 3 is 2.44 bits per heavy atom. The number of oxime groups is 1. The van der Waals surface area contributed by atoms with Crippen molar-refractivity contribution in [3.8, 4) is 0 Å². The molecule has 4 N–H and O–H groups in total. The summed E-state index contributed by atoms with van der Waals surface area (Å²) in [4.78, 5) is 14.3. The maximum atomic E-state index is 12.1. The summed E-state index contributed by atoms with van der Waals surface area (Å²) in [7, 11) is 0. The first kappa shape index (κ1) is 14.8. The first-order chi connectivity index (χ1) is 8.60. The number of nitrogens with two attached hydrogens (primary N) is 1. The van der Waals surface area contributed by atoms with Crippen LogP contribution < -0.4 is 11.1 Å². The highest BCUT2D eigenvalue weighted by Crippen LogP contribution is 2.41. The number of amides is 1. The number of hydrogen-bond donors (Lipinski definition) is 3. The predicted octanol–water partition coefficient (Wildman–Crippen LogP) is 0.361. The van der Waals surface area contributed by atoms with Crippen molar-refractivity contribution in [3.05, 3.63) is 0 Å². The lowest BCUT2D eigenvalue weighted by Gasteiger charge is -2.38. The van der Waals surface area contributed by atoms with Crippen LogP contribution in [-0.4, -0.2) is 48.0 Å². The fourth-order valence-corrected chi connectivity index (χ4v) is 2.26. The molecular formula is C12H24N4O2. The number of carbonyl (C=O) groups excluding carboxylic acids is 1. The quantitative estimate of drug-likeness (QED) is 0.265. The molecule has 0 aromatic heterocycles. The van der Waals surface area contributed by atoms with E-state index in [1.807, 2.05) is 0 Å². The van der Waals surface area contributed by atoms with Gasteiger partial charge in [-0.05, 0) is 25.9 Å². The molecule has 0 spiro atoms. The number of rotatable bonds is 7. The van der Waals surface area contributed by atoms with Gasteiger partial charge in [-0.1, -0.05) is 25.4 Å². The van der Waals surface area contributed by atoms with Gasteiger partial charge in [0.05, 0.1) is 0 Å². The second kappa shape index (κ2) is 6.58. The normalized spacial score (nSPS) is 18.5. The Labute approximate surface area is 108 Å². The molecule has 0 heterocycles. The van der Waals surface area contributed by atoms with Gasteiger partial charge in [-0.25, -0.2) is 0 Å². The Balaban J connectivity index is 2.45.